The van der Waals surface area contributed by atoms with Crippen LogP contribution in [-0.2, 0) is 0 Å². The summed E-state index contributed by atoms with van der Waals surface area (Å²) in [6.45, 7) is 0. The molecule has 0 bridgehead atoms. The lowest BCUT2D eigenvalue weighted by molar-refractivity contribution is 0.962. The van der Waals surface area contributed by atoms with Crippen LogP contribution in [0.3, 0.4) is 0 Å². The number of anilines is 5. The quantitative estimate of drug-likeness (QED) is 0.136. The van der Waals surface area contributed by atoms with Gasteiger partial charge in [0.2, 0.25) is 0 Å². The average Bonchev–Trinajstić information content (AvgIpc) is 3.30. The summed E-state index contributed by atoms with van der Waals surface area (Å²) in [6.07, 6.45) is 0. The van der Waals surface area contributed by atoms with Gasteiger partial charge in [0, 0.05) is 111 Å². The molecule has 0 aliphatic heterocycles. The van der Waals surface area contributed by atoms with Gasteiger partial charge < -0.3 is 24.5 Å². The predicted molar refractivity (Wildman–Crippen MR) is 222 cm³/mol. The lowest BCUT2D eigenvalue weighted by atomic mass is 9.83. The standard InChI is InChI=1S/C46H53N5/c1-47(2)36-19-11-32(12-20-36)45(33-13-21-37(22-14-33)48(3)4)43-31-44(42-30-28-40(51(9)10)27-29-41(42)43)46(34-15-23-38(24-16-34)49(5)6)35-17-25-39(26-18-35)50(7)8/h11-31,45-46H,1-10H3. The van der Waals surface area contributed by atoms with Crippen molar-refractivity contribution in [1.82, 2.24) is 0 Å². The summed E-state index contributed by atoms with van der Waals surface area (Å²) in [7, 11) is 21.0. The lowest BCUT2D eigenvalue weighted by Crippen LogP contribution is -2.10. The predicted octanol–water partition coefficient (Wildman–Crippen LogP) is 9.48. The zero-order valence-electron chi connectivity index (χ0n) is 32.0. The normalized spacial score (nSPS) is 11.3. The molecule has 0 atom stereocenters. The van der Waals surface area contributed by atoms with E-state index < -0.39 is 0 Å². The Bertz CT molecular complexity index is 1760. The van der Waals surface area contributed by atoms with Crippen LogP contribution in [0.1, 0.15) is 45.2 Å². The number of rotatable bonds is 11. The maximum atomic E-state index is 2.51. The monoisotopic (exact) mass is 675 g/mol. The molecule has 2 aliphatic rings. The molecule has 0 unspecified atom stereocenters. The van der Waals surface area contributed by atoms with E-state index >= 15 is 0 Å². The van der Waals surface area contributed by atoms with E-state index in [4.69, 9.17) is 0 Å². The third-order valence-electron chi connectivity index (χ3n) is 10.2. The fourth-order valence-corrected chi connectivity index (χ4v) is 7.14. The van der Waals surface area contributed by atoms with E-state index in [1.807, 2.05) is 0 Å². The first-order chi connectivity index (χ1) is 24.4. The molecule has 4 aromatic carbocycles. The minimum Gasteiger partial charge on any atom is -0.378 e. The van der Waals surface area contributed by atoms with Crippen LogP contribution >= 0.6 is 0 Å². The minimum atomic E-state index is 0.0340. The van der Waals surface area contributed by atoms with E-state index in [9.17, 15) is 0 Å². The Labute approximate surface area is 306 Å². The molecule has 0 spiro atoms. The Morgan fingerprint density at radius 3 is 0.667 bits per heavy atom. The highest BCUT2D eigenvalue weighted by atomic mass is 15.1. The molecular formula is C46H53N5. The van der Waals surface area contributed by atoms with Crippen molar-refractivity contribution in [2.24, 2.45) is 0 Å². The number of fused-ring (bicyclic) bond motifs is 1. The molecular weight excluding hydrogens is 623 g/mol. The third kappa shape index (κ3) is 7.39. The summed E-state index contributed by atoms with van der Waals surface area (Å²) in [4.78, 5) is 10.8. The summed E-state index contributed by atoms with van der Waals surface area (Å²) < 4.78 is 0. The molecule has 0 aromatic heterocycles. The highest BCUT2D eigenvalue weighted by molar-refractivity contribution is 5.80. The molecule has 0 N–H and O–H groups in total. The van der Waals surface area contributed by atoms with E-state index in [0.717, 1.165) is 0 Å². The Hall–Kier alpha value is -5.42. The topological polar surface area (TPSA) is 16.2 Å². The first-order valence-corrected chi connectivity index (χ1v) is 17.8. The molecule has 2 aliphatic carbocycles. The number of hydrogen-bond acceptors (Lipinski definition) is 5. The van der Waals surface area contributed by atoms with E-state index in [-0.39, 0.29) is 11.8 Å². The Morgan fingerprint density at radius 1 is 0.275 bits per heavy atom. The fourth-order valence-electron chi connectivity index (χ4n) is 7.14. The van der Waals surface area contributed by atoms with Crippen LogP contribution in [0.4, 0.5) is 28.4 Å². The van der Waals surface area contributed by atoms with Crippen LogP contribution in [-0.4, -0.2) is 70.5 Å². The van der Waals surface area contributed by atoms with Crippen molar-refractivity contribution in [3.63, 3.8) is 0 Å². The largest absolute Gasteiger partial charge is 0.378 e. The van der Waals surface area contributed by atoms with Crippen LogP contribution < -0.4 is 24.5 Å². The molecule has 6 rings (SSSR count). The van der Waals surface area contributed by atoms with Gasteiger partial charge in [-0.25, -0.2) is 0 Å². The van der Waals surface area contributed by atoms with Crippen LogP contribution in [0.2, 0.25) is 0 Å². The molecule has 0 heterocycles. The van der Waals surface area contributed by atoms with Crippen LogP contribution in [0.15, 0.2) is 127 Å². The van der Waals surface area contributed by atoms with E-state index in [1.165, 1.54) is 72.9 Å². The summed E-state index contributed by atoms with van der Waals surface area (Å²) in [6, 6.07) is 48.2. The van der Waals surface area contributed by atoms with Crippen molar-refractivity contribution >= 4 is 28.4 Å². The maximum Gasteiger partial charge on any atom is 0.0361 e. The fraction of sp³-hybridized carbons (Fsp3) is 0.261. The van der Waals surface area contributed by atoms with Crippen molar-refractivity contribution in [3.05, 3.63) is 161 Å². The molecule has 51 heavy (non-hydrogen) atoms. The van der Waals surface area contributed by atoms with E-state index in [2.05, 4.69) is 222 Å². The maximum absolute atomic E-state index is 2.51. The van der Waals surface area contributed by atoms with E-state index in [1.54, 1.807) is 0 Å². The van der Waals surface area contributed by atoms with Gasteiger partial charge in [-0.3, -0.25) is 0 Å². The number of nitrogens with zero attached hydrogens (tertiary/aromatic N) is 5. The zero-order valence-corrected chi connectivity index (χ0v) is 32.0. The van der Waals surface area contributed by atoms with Gasteiger partial charge in [0.25, 0.3) is 0 Å². The highest BCUT2D eigenvalue weighted by Gasteiger charge is 2.30. The number of benzene rings is 4. The van der Waals surface area contributed by atoms with Crippen molar-refractivity contribution in [1.29, 1.82) is 0 Å². The molecule has 5 nitrogen and oxygen atoms in total. The van der Waals surface area contributed by atoms with Crippen molar-refractivity contribution in [3.8, 4) is 11.1 Å². The van der Waals surface area contributed by atoms with Crippen LogP contribution in [0.5, 0.6) is 0 Å². The van der Waals surface area contributed by atoms with Crippen LogP contribution in [0, 0.1) is 0 Å². The second-order valence-corrected chi connectivity index (χ2v) is 14.7. The third-order valence-corrected chi connectivity index (χ3v) is 10.2. The molecule has 4 aromatic rings. The Kier molecular flexibility index (Phi) is 10.3. The lowest BCUT2D eigenvalue weighted by Gasteiger charge is -2.22. The Morgan fingerprint density at radius 2 is 0.471 bits per heavy atom. The van der Waals surface area contributed by atoms with Crippen molar-refractivity contribution in [2.75, 3.05) is 95.0 Å². The van der Waals surface area contributed by atoms with Gasteiger partial charge in [0.15, 0.2) is 0 Å². The molecule has 0 radical (unpaired) electrons. The first kappa shape index (κ1) is 35.4. The molecule has 0 saturated heterocycles. The van der Waals surface area contributed by atoms with Gasteiger partial charge in [0.1, 0.15) is 0 Å². The van der Waals surface area contributed by atoms with Gasteiger partial charge in [-0.15, -0.1) is 0 Å². The highest BCUT2D eigenvalue weighted by Crippen LogP contribution is 2.48. The van der Waals surface area contributed by atoms with Crippen LogP contribution in [0.25, 0.3) is 11.1 Å². The van der Waals surface area contributed by atoms with Gasteiger partial charge >= 0.3 is 0 Å². The van der Waals surface area contributed by atoms with Crippen molar-refractivity contribution in [2.45, 2.75) is 11.8 Å². The zero-order chi connectivity index (χ0) is 36.4. The number of hydrogen-bond donors (Lipinski definition) is 0. The average molecular weight is 676 g/mol. The van der Waals surface area contributed by atoms with E-state index in [0.29, 0.717) is 0 Å². The minimum absolute atomic E-state index is 0.0340. The SMILES string of the molecule is CN(C)c1ccc(C(c2ccc(N(C)C)cc2)c2cc(C(c3ccc(N(C)C)cc3)c3ccc(N(C)C)cc3)c3ccc(N(C)C)ccc2-3)cc1. The second-order valence-electron chi connectivity index (χ2n) is 14.7. The molecule has 0 amide bonds. The van der Waals surface area contributed by atoms with Crippen molar-refractivity contribution < 1.29 is 0 Å². The first-order valence-electron chi connectivity index (χ1n) is 17.8. The molecule has 262 valence electrons. The van der Waals surface area contributed by atoms with Gasteiger partial charge in [-0.05, 0) is 105 Å². The smallest absolute Gasteiger partial charge is 0.0361 e. The molecule has 0 fully saturated rings. The Balaban J connectivity index is 1.64. The van der Waals surface area contributed by atoms with Gasteiger partial charge in [-0.2, -0.15) is 0 Å². The van der Waals surface area contributed by atoms with Gasteiger partial charge in [0.05, 0.1) is 0 Å². The summed E-state index contributed by atoms with van der Waals surface area (Å²) >= 11 is 0. The summed E-state index contributed by atoms with van der Waals surface area (Å²) in [5.74, 6) is 0.0681. The molecule has 5 heteroatoms. The molecule has 0 saturated carbocycles. The van der Waals surface area contributed by atoms with Gasteiger partial charge in [-0.1, -0.05) is 66.7 Å². The summed E-state index contributed by atoms with van der Waals surface area (Å²) in [5.41, 5.74) is 16.2. The summed E-state index contributed by atoms with van der Waals surface area (Å²) in [5, 5.41) is 0. The second kappa shape index (κ2) is 14.8.